The van der Waals surface area contributed by atoms with Crippen molar-refractivity contribution in [1.29, 1.82) is 0 Å². The SMILES string of the molecule is CC1CCCC(c2nc(N)c(I)c(C3CCCC3)n2)C1. The van der Waals surface area contributed by atoms with Crippen molar-refractivity contribution in [3.63, 3.8) is 0 Å². The lowest BCUT2D eigenvalue weighted by Gasteiger charge is -2.26. The fraction of sp³-hybridized carbons (Fsp3) is 0.750. The topological polar surface area (TPSA) is 51.8 Å². The molecule has 0 spiro atoms. The highest BCUT2D eigenvalue weighted by molar-refractivity contribution is 14.1. The predicted octanol–water partition coefficient (Wildman–Crippen LogP) is 4.61. The van der Waals surface area contributed by atoms with Gasteiger partial charge in [-0.05, 0) is 54.2 Å². The van der Waals surface area contributed by atoms with Gasteiger partial charge in [0.25, 0.3) is 0 Å². The Morgan fingerprint density at radius 2 is 1.70 bits per heavy atom. The molecule has 2 fully saturated rings. The van der Waals surface area contributed by atoms with Gasteiger partial charge in [0, 0.05) is 11.8 Å². The van der Waals surface area contributed by atoms with Crippen molar-refractivity contribution >= 4 is 28.4 Å². The van der Waals surface area contributed by atoms with Gasteiger partial charge in [-0.1, -0.05) is 32.6 Å². The van der Waals surface area contributed by atoms with Crippen molar-refractivity contribution < 1.29 is 0 Å². The molecule has 3 nitrogen and oxygen atoms in total. The molecule has 3 rings (SSSR count). The monoisotopic (exact) mass is 385 g/mol. The maximum absolute atomic E-state index is 6.17. The van der Waals surface area contributed by atoms with Gasteiger partial charge in [0.2, 0.25) is 0 Å². The Bertz CT molecular complexity index is 483. The average molecular weight is 385 g/mol. The minimum atomic E-state index is 0.526. The number of rotatable bonds is 2. The van der Waals surface area contributed by atoms with Crippen molar-refractivity contribution in [2.45, 2.75) is 70.1 Å². The fourth-order valence-corrected chi connectivity index (χ4v) is 4.50. The van der Waals surface area contributed by atoms with Gasteiger partial charge < -0.3 is 5.73 Å². The first kappa shape index (κ1) is 14.5. The van der Waals surface area contributed by atoms with Gasteiger partial charge in [-0.2, -0.15) is 0 Å². The molecule has 2 aliphatic rings. The summed E-state index contributed by atoms with van der Waals surface area (Å²) in [5, 5.41) is 0. The molecule has 0 saturated heterocycles. The summed E-state index contributed by atoms with van der Waals surface area (Å²) in [5.74, 6) is 3.67. The van der Waals surface area contributed by atoms with Gasteiger partial charge in [0.1, 0.15) is 11.6 Å². The van der Waals surface area contributed by atoms with Crippen molar-refractivity contribution in [2.75, 3.05) is 5.73 Å². The minimum Gasteiger partial charge on any atom is -0.383 e. The average Bonchev–Trinajstić information content (AvgIpc) is 2.95. The van der Waals surface area contributed by atoms with Crippen LogP contribution in [0, 0.1) is 9.49 Å². The largest absolute Gasteiger partial charge is 0.383 e. The fourth-order valence-electron chi connectivity index (χ4n) is 3.82. The zero-order valence-corrected chi connectivity index (χ0v) is 14.4. The normalized spacial score (nSPS) is 27.9. The molecule has 0 radical (unpaired) electrons. The molecule has 1 aromatic heterocycles. The second kappa shape index (κ2) is 6.16. The molecule has 20 heavy (non-hydrogen) atoms. The van der Waals surface area contributed by atoms with Crippen LogP contribution in [0.15, 0.2) is 0 Å². The number of hydrogen-bond donors (Lipinski definition) is 1. The Hall–Kier alpha value is -0.390. The van der Waals surface area contributed by atoms with Crippen LogP contribution in [0.25, 0.3) is 0 Å². The van der Waals surface area contributed by atoms with Crippen molar-refractivity contribution in [1.82, 2.24) is 9.97 Å². The molecule has 2 atom stereocenters. The molecule has 2 saturated carbocycles. The highest BCUT2D eigenvalue weighted by atomic mass is 127. The molecule has 0 amide bonds. The molecule has 0 aliphatic heterocycles. The number of aromatic nitrogens is 2. The lowest BCUT2D eigenvalue weighted by molar-refractivity contribution is 0.334. The van der Waals surface area contributed by atoms with E-state index in [1.807, 2.05) is 0 Å². The molecular weight excluding hydrogens is 361 g/mol. The molecule has 2 unspecified atom stereocenters. The smallest absolute Gasteiger partial charge is 0.140 e. The summed E-state index contributed by atoms with van der Waals surface area (Å²) < 4.78 is 1.10. The van der Waals surface area contributed by atoms with Crippen LogP contribution in [0.2, 0.25) is 0 Å². The van der Waals surface area contributed by atoms with Gasteiger partial charge in [-0.25, -0.2) is 9.97 Å². The minimum absolute atomic E-state index is 0.526. The summed E-state index contributed by atoms with van der Waals surface area (Å²) in [5.41, 5.74) is 7.41. The van der Waals surface area contributed by atoms with Gasteiger partial charge in [0.15, 0.2) is 0 Å². The summed E-state index contributed by atoms with van der Waals surface area (Å²) in [6.45, 7) is 2.35. The van der Waals surface area contributed by atoms with E-state index in [2.05, 4.69) is 34.5 Å². The second-order valence-electron chi connectivity index (χ2n) is 6.62. The van der Waals surface area contributed by atoms with Crippen molar-refractivity contribution in [3.05, 3.63) is 15.1 Å². The van der Waals surface area contributed by atoms with Gasteiger partial charge in [0.05, 0.1) is 9.26 Å². The molecule has 4 heteroatoms. The van der Waals surface area contributed by atoms with Crippen LogP contribution in [0.3, 0.4) is 0 Å². The van der Waals surface area contributed by atoms with E-state index in [4.69, 9.17) is 10.7 Å². The number of nitrogens with zero attached hydrogens (tertiary/aromatic N) is 2. The third-order valence-electron chi connectivity index (χ3n) is 4.96. The Balaban J connectivity index is 1.91. The van der Waals surface area contributed by atoms with Crippen LogP contribution in [0.1, 0.15) is 81.6 Å². The molecule has 0 bridgehead atoms. The van der Waals surface area contributed by atoms with Gasteiger partial charge in [-0.3, -0.25) is 0 Å². The zero-order valence-electron chi connectivity index (χ0n) is 12.2. The molecule has 2 aliphatic carbocycles. The molecule has 110 valence electrons. The van der Waals surface area contributed by atoms with Crippen LogP contribution < -0.4 is 5.73 Å². The molecule has 0 aromatic carbocycles. The number of nitrogen functional groups attached to an aromatic ring is 1. The first-order valence-corrected chi connectivity index (χ1v) is 9.06. The summed E-state index contributed by atoms with van der Waals surface area (Å²) >= 11 is 2.34. The van der Waals surface area contributed by atoms with Crippen LogP contribution in [0.5, 0.6) is 0 Å². The highest BCUT2D eigenvalue weighted by Crippen LogP contribution is 2.39. The lowest BCUT2D eigenvalue weighted by Crippen LogP contribution is -2.17. The summed E-state index contributed by atoms with van der Waals surface area (Å²) in [7, 11) is 0. The van der Waals surface area contributed by atoms with E-state index < -0.39 is 0 Å². The quantitative estimate of drug-likeness (QED) is 0.757. The number of hydrogen-bond acceptors (Lipinski definition) is 3. The number of anilines is 1. The summed E-state index contributed by atoms with van der Waals surface area (Å²) in [6, 6.07) is 0. The first-order chi connectivity index (χ1) is 9.65. The third kappa shape index (κ3) is 2.95. The highest BCUT2D eigenvalue weighted by Gasteiger charge is 2.27. The number of nitrogens with two attached hydrogens (primary N) is 1. The van der Waals surface area contributed by atoms with Crippen LogP contribution in [0.4, 0.5) is 5.82 Å². The van der Waals surface area contributed by atoms with E-state index >= 15 is 0 Å². The second-order valence-corrected chi connectivity index (χ2v) is 7.70. The van der Waals surface area contributed by atoms with E-state index in [9.17, 15) is 0 Å². The summed E-state index contributed by atoms with van der Waals surface area (Å²) in [6.07, 6.45) is 10.3. The lowest BCUT2D eigenvalue weighted by atomic mass is 9.82. The Kier molecular flexibility index (Phi) is 4.48. The van der Waals surface area contributed by atoms with Crippen LogP contribution in [-0.2, 0) is 0 Å². The van der Waals surface area contributed by atoms with Gasteiger partial charge >= 0.3 is 0 Å². The van der Waals surface area contributed by atoms with Crippen molar-refractivity contribution in [2.24, 2.45) is 5.92 Å². The first-order valence-electron chi connectivity index (χ1n) is 7.98. The van der Waals surface area contributed by atoms with E-state index in [1.165, 1.54) is 57.1 Å². The van der Waals surface area contributed by atoms with Crippen molar-refractivity contribution in [3.8, 4) is 0 Å². The zero-order chi connectivity index (χ0) is 14.1. The molecular formula is C16H24IN3. The molecule has 1 aromatic rings. The van der Waals surface area contributed by atoms with E-state index in [0.717, 1.165) is 15.3 Å². The Morgan fingerprint density at radius 1 is 1.00 bits per heavy atom. The third-order valence-corrected chi connectivity index (χ3v) is 6.07. The Morgan fingerprint density at radius 3 is 2.40 bits per heavy atom. The standard InChI is InChI=1S/C16H24IN3/c1-10-5-4-8-12(9-10)16-19-14(11-6-2-3-7-11)13(17)15(18)20-16/h10-12H,2-9H2,1H3,(H2,18,19,20). The van der Waals surface area contributed by atoms with E-state index in [0.29, 0.717) is 17.7 Å². The van der Waals surface area contributed by atoms with Crippen LogP contribution in [-0.4, -0.2) is 9.97 Å². The van der Waals surface area contributed by atoms with Crippen LogP contribution >= 0.6 is 22.6 Å². The maximum atomic E-state index is 6.17. The Labute approximate surface area is 135 Å². The summed E-state index contributed by atoms with van der Waals surface area (Å²) in [4.78, 5) is 9.60. The molecule has 1 heterocycles. The maximum Gasteiger partial charge on any atom is 0.140 e. The molecule has 2 N–H and O–H groups in total. The van der Waals surface area contributed by atoms with Gasteiger partial charge in [-0.15, -0.1) is 0 Å². The van der Waals surface area contributed by atoms with E-state index in [-0.39, 0.29) is 0 Å². The van der Waals surface area contributed by atoms with E-state index in [1.54, 1.807) is 0 Å². The number of halogens is 1. The predicted molar refractivity (Wildman–Crippen MR) is 90.7 cm³/mol.